The summed E-state index contributed by atoms with van der Waals surface area (Å²) in [6, 6.07) is 10.6. The minimum atomic E-state index is -3.84. The molecule has 0 unspecified atom stereocenters. The first-order valence-corrected chi connectivity index (χ1v) is 7.84. The predicted molar refractivity (Wildman–Crippen MR) is 82.0 cm³/mol. The fraction of sp³-hybridized carbons (Fsp3) is 0.0714. The Kier molecular flexibility index (Phi) is 4.20. The molecule has 0 fully saturated rings. The molecule has 110 valence electrons. The highest BCUT2D eigenvalue weighted by Crippen LogP contribution is 2.25. The molecule has 0 aliphatic carbocycles. The maximum absolute atomic E-state index is 12.3. The van der Waals surface area contributed by atoms with E-state index < -0.39 is 15.9 Å². The summed E-state index contributed by atoms with van der Waals surface area (Å²) in [5.74, 6) is -0.635. The minimum absolute atomic E-state index is 0.0285. The lowest BCUT2D eigenvalue weighted by Crippen LogP contribution is -2.15. The van der Waals surface area contributed by atoms with Gasteiger partial charge in [0.25, 0.3) is 10.0 Å². The number of amides is 1. The van der Waals surface area contributed by atoms with E-state index in [9.17, 15) is 13.2 Å². The number of nitrogens with one attached hydrogen (secondary N) is 1. The van der Waals surface area contributed by atoms with E-state index in [0.717, 1.165) is 5.56 Å². The van der Waals surface area contributed by atoms with Crippen LogP contribution in [0.1, 0.15) is 15.9 Å². The van der Waals surface area contributed by atoms with Crippen molar-refractivity contribution < 1.29 is 13.2 Å². The Morgan fingerprint density at radius 3 is 2.52 bits per heavy atom. The fourth-order valence-corrected chi connectivity index (χ4v) is 3.42. The number of carbonyl (C=O) groups excluding carboxylic acids is 1. The highest BCUT2D eigenvalue weighted by Gasteiger charge is 2.18. The lowest BCUT2D eigenvalue weighted by Gasteiger charge is -2.10. The lowest BCUT2D eigenvalue weighted by atomic mass is 10.2. The summed E-state index contributed by atoms with van der Waals surface area (Å²) in [5, 5.41) is 0.133. The van der Waals surface area contributed by atoms with Gasteiger partial charge in [0.05, 0.1) is 5.02 Å². The summed E-state index contributed by atoms with van der Waals surface area (Å²) in [4.78, 5) is 11.1. The number of rotatable bonds is 4. The third-order valence-electron chi connectivity index (χ3n) is 2.78. The van der Waals surface area contributed by atoms with E-state index in [0.29, 0.717) is 0 Å². The van der Waals surface area contributed by atoms with E-state index in [4.69, 9.17) is 17.3 Å². The van der Waals surface area contributed by atoms with Gasteiger partial charge in [-0.3, -0.25) is 9.52 Å². The topological polar surface area (TPSA) is 89.3 Å². The molecule has 0 bridgehead atoms. The molecular formula is C14H13ClN2O3S. The summed E-state index contributed by atoms with van der Waals surface area (Å²) in [6.07, 6.45) is 0. The van der Waals surface area contributed by atoms with Crippen LogP contribution in [0.3, 0.4) is 0 Å². The summed E-state index contributed by atoms with van der Waals surface area (Å²) in [5.41, 5.74) is 6.47. The second kappa shape index (κ2) is 5.75. The zero-order valence-electron chi connectivity index (χ0n) is 11.1. The van der Waals surface area contributed by atoms with Crippen LogP contribution in [0.5, 0.6) is 0 Å². The third kappa shape index (κ3) is 3.53. The van der Waals surface area contributed by atoms with Crippen molar-refractivity contribution >= 4 is 33.2 Å². The minimum Gasteiger partial charge on any atom is -0.366 e. The Balaban J connectivity index is 2.37. The monoisotopic (exact) mass is 324 g/mol. The van der Waals surface area contributed by atoms with Crippen molar-refractivity contribution in [2.45, 2.75) is 11.8 Å². The molecule has 0 saturated heterocycles. The molecule has 0 saturated carbocycles. The Morgan fingerprint density at radius 1 is 1.19 bits per heavy atom. The van der Waals surface area contributed by atoms with Gasteiger partial charge in [-0.05, 0) is 42.8 Å². The molecular weight excluding hydrogens is 312 g/mol. The maximum atomic E-state index is 12.3. The molecule has 5 nitrogen and oxygen atoms in total. The first kappa shape index (κ1) is 15.3. The van der Waals surface area contributed by atoms with E-state index >= 15 is 0 Å². The average molecular weight is 325 g/mol. The first-order valence-electron chi connectivity index (χ1n) is 5.98. The number of hydrogen-bond donors (Lipinski definition) is 2. The quantitative estimate of drug-likeness (QED) is 0.905. The largest absolute Gasteiger partial charge is 0.366 e. The zero-order valence-corrected chi connectivity index (χ0v) is 12.7. The molecule has 0 radical (unpaired) electrons. The van der Waals surface area contributed by atoms with Gasteiger partial charge in [-0.15, -0.1) is 0 Å². The van der Waals surface area contributed by atoms with Gasteiger partial charge in [0.1, 0.15) is 4.90 Å². The van der Waals surface area contributed by atoms with Crippen LogP contribution in [0, 0.1) is 6.92 Å². The summed E-state index contributed by atoms with van der Waals surface area (Å²) < 4.78 is 27.0. The molecule has 2 aromatic carbocycles. The number of carbonyl (C=O) groups is 1. The number of aryl methyl sites for hydroxylation is 1. The molecule has 1 amide bonds. The number of nitrogens with two attached hydrogens (primary N) is 1. The van der Waals surface area contributed by atoms with Gasteiger partial charge in [-0.1, -0.05) is 23.7 Å². The van der Waals surface area contributed by atoms with Crippen LogP contribution in [-0.4, -0.2) is 14.3 Å². The van der Waals surface area contributed by atoms with Crippen molar-refractivity contribution in [1.29, 1.82) is 0 Å². The van der Waals surface area contributed by atoms with Crippen molar-refractivity contribution in [3.8, 4) is 0 Å². The van der Waals surface area contributed by atoms with Gasteiger partial charge >= 0.3 is 0 Å². The van der Waals surface area contributed by atoms with Gasteiger partial charge in [-0.25, -0.2) is 8.42 Å². The van der Waals surface area contributed by atoms with Crippen LogP contribution >= 0.6 is 11.6 Å². The molecule has 0 aliphatic heterocycles. The molecule has 0 aromatic heterocycles. The maximum Gasteiger partial charge on any atom is 0.263 e. The van der Waals surface area contributed by atoms with Crippen molar-refractivity contribution in [3.05, 3.63) is 58.6 Å². The molecule has 21 heavy (non-hydrogen) atoms. The molecule has 2 rings (SSSR count). The number of halogens is 1. The number of anilines is 1. The van der Waals surface area contributed by atoms with Crippen LogP contribution in [0.25, 0.3) is 0 Å². The molecule has 7 heteroatoms. The predicted octanol–water partition coefficient (Wildman–Crippen LogP) is 2.55. The van der Waals surface area contributed by atoms with Gasteiger partial charge in [0.15, 0.2) is 0 Å². The number of sulfonamides is 1. The molecule has 2 aromatic rings. The average Bonchev–Trinajstić information content (AvgIpc) is 2.37. The SMILES string of the molecule is Cc1ccc(S(=O)(=O)Nc2cccc(C(N)=O)c2)c(Cl)c1. The Labute approximate surface area is 127 Å². The van der Waals surface area contributed by atoms with E-state index in [2.05, 4.69) is 4.72 Å². The number of benzene rings is 2. The Morgan fingerprint density at radius 2 is 1.90 bits per heavy atom. The van der Waals surface area contributed by atoms with Gasteiger partial charge in [0.2, 0.25) is 5.91 Å². The highest BCUT2D eigenvalue weighted by atomic mass is 35.5. The summed E-state index contributed by atoms with van der Waals surface area (Å²) >= 11 is 5.97. The van der Waals surface area contributed by atoms with Crippen LogP contribution in [0.15, 0.2) is 47.4 Å². The molecule has 0 heterocycles. The second-order valence-corrected chi connectivity index (χ2v) is 6.54. The highest BCUT2D eigenvalue weighted by molar-refractivity contribution is 7.92. The van der Waals surface area contributed by atoms with Crippen LogP contribution in [0.2, 0.25) is 5.02 Å². The molecule has 0 aliphatic rings. The van der Waals surface area contributed by atoms with E-state index in [1.165, 1.54) is 30.3 Å². The van der Waals surface area contributed by atoms with Crippen LogP contribution in [-0.2, 0) is 10.0 Å². The molecule has 0 spiro atoms. The fourth-order valence-electron chi connectivity index (χ4n) is 1.77. The standard InChI is InChI=1S/C14H13ClN2O3S/c1-9-5-6-13(12(15)7-9)21(19,20)17-11-4-2-3-10(8-11)14(16)18/h2-8,17H,1H3,(H2,16,18). The van der Waals surface area contributed by atoms with Gasteiger partial charge < -0.3 is 5.73 Å². The lowest BCUT2D eigenvalue weighted by molar-refractivity contribution is 0.100. The number of hydrogen-bond acceptors (Lipinski definition) is 3. The number of primary amides is 1. The van der Waals surface area contributed by atoms with Crippen molar-refractivity contribution in [1.82, 2.24) is 0 Å². The molecule has 0 atom stereocenters. The van der Waals surface area contributed by atoms with Crippen molar-refractivity contribution in [2.75, 3.05) is 4.72 Å². The normalized spacial score (nSPS) is 11.1. The summed E-state index contributed by atoms with van der Waals surface area (Å²) in [6.45, 7) is 1.81. The smallest absolute Gasteiger partial charge is 0.263 e. The second-order valence-electron chi connectivity index (χ2n) is 4.48. The van der Waals surface area contributed by atoms with E-state index in [1.54, 1.807) is 12.1 Å². The molecule has 3 N–H and O–H groups in total. The van der Waals surface area contributed by atoms with E-state index in [1.807, 2.05) is 6.92 Å². The van der Waals surface area contributed by atoms with Gasteiger partial charge in [0, 0.05) is 11.3 Å². The zero-order chi connectivity index (χ0) is 15.6. The Hall–Kier alpha value is -2.05. The van der Waals surface area contributed by atoms with Crippen LogP contribution in [0.4, 0.5) is 5.69 Å². The van der Waals surface area contributed by atoms with E-state index in [-0.39, 0.29) is 21.2 Å². The third-order valence-corrected chi connectivity index (χ3v) is 4.64. The Bertz CT molecular complexity index is 804. The first-order chi connectivity index (χ1) is 9.79. The van der Waals surface area contributed by atoms with Crippen molar-refractivity contribution in [2.24, 2.45) is 5.73 Å². The van der Waals surface area contributed by atoms with Crippen molar-refractivity contribution in [3.63, 3.8) is 0 Å². The summed E-state index contributed by atoms with van der Waals surface area (Å²) in [7, 11) is -3.84. The van der Waals surface area contributed by atoms with Gasteiger partial charge in [-0.2, -0.15) is 0 Å². The van der Waals surface area contributed by atoms with Crippen LogP contribution < -0.4 is 10.5 Å².